The molecule has 3 rings (SSSR count). The van der Waals surface area contributed by atoms with Crippen LogP contribution >= 0.6 is 0 Å². The molecule has 0 aliphatic rings. The van der Waals surface area contributed by atoms with Gasteiger partial charge in [0, 0.05) is 6.07 Å². The van der Waals surface area contributed by atoms with Gasteiger partial charge in [0.15, 0.2) is 11.5 Å². The highest BCUT2D eigenvalue weighted by atomic mass is 16.5. The van der Waals surface area contributed by atoms with Crippen LogP contribution in [0, 0.1) is 0 Å². The Hall–Kier alpha value is -3.28. The standard InChI is InChI=1S/C26H30O6/c1-3-4-5-6-7-8-9-23(26(28)29)32-20-14-15-21-24(16-20)31-17-22(25(21)27)18-10-12-19(30-2)13-11-18/h10-17,23H,3-9H2,1-2H3,(H,28,29)/t23-/m0/s1. The number of fused-ring (bicyclic) bond motifs is 1. The van der Waals surface area contributed by atoms with Crippen LogP contribution in [0.1, 0.15) is 51.9 Å². The molecule has 0 aliphatic carbocycles. The number of benzene rings is 2. The molecular formula is C26H30O6. The third-order valence-corrected chi connectivity index (χ3v) is 5.52. The number of unbranched alkanes of at least 4 members (excludes halogenated alkanes) is 5. The number of ether oxygens (including phenoxy) is 2. The molecule has 1 N–H and O–H groups in total. The fourth-order valence-electron chi connectivity index (χ4n) is 3.66. The quantitative estimate of drug-likeness (QED) is 0.346. The average molecular weight is 439 g/mol. The van der Waals surface area contributed by atoms with Gasteiger partial charge in [-0.15, -0.1) is 0 Å². The first kappa shape index (κ1) is 23.4. The van der Waals surface area contributed by atoms with Crippen molar-refractivity contribution in [3.8, 4) is 22.6 Å². The second-order valence-corrected chi connectivity index (χ2v) is 7.87. The van der Waals surface area contributed by atoms with Gasteiger partial charge >= 0.3 is 5.97 Å². The molecule has 2 aromatic carbocycles. The molecule has 1 heterocycles. The lowest BCUT2D eigenvalue weighted by atomic mass is 10.1. The van der Waals surface area contributed by atoms with E-state index in [1.165, 1.54) is 25.5 Å². The van der Waals surface area contributed by atoms with Crippen molar-refractivity contribution in [3.63, 3.8) is 0 Å². The lowest BCUT2D eigenvalue weighted by molar-refractivity contribution is -0.145. The van der Waals surface area contributed by atoms with Gasteiger partial charge in [-0.1, -0.05) is 51.2 Å². The van der Waals surface area contributed by atoms with Crippen molar-refractivity contribution >= 4 is 16.9 Å². The molecule has 0 spiro atoms. The molecule has 0 amide bonds. The fraction of sp³-hybridized carbons (Fsp3) is 0.385. The Morgan fingerprint density at radius 1 is 1.00 bits per heavy atom. The number of carboxylic acid groups (broad SMARTS) is 1. The largest absolute Gasteiger partial charge is 0.497 e. The number of carbonyl (C=O) groups is 1. The van der Waals surface area contributed by atoms with E-state index in [4.69, 9.17) is 13.9 Å². The number of methoxy groups -OCH3 is 1. The molecular weight excluding hydrogens is 408 g/mol. The van der Waals surface area contributed by atoms with Crippen LogP contribution in [0.3, 0.4) is 0 Å². The van der Waals surface area contributed by atoms with Gasteiger partial charge in [-0.2, -0.15) is 0 Å². The van der Waals surface area contributed by atoms with Gasteiger partial charge in [0.2, 0.25) is 0 Å². The minimum Gasteiger partial charge on any atom is -0.497 e. The van der Waals surface area contributed by atoms with Crippen molar-refractivity contribution in [2.75, 3.05) is 7.11 Å². The Kier molecular flexibility index (Phi) is 8.31. The van der Waals surface area contributed by atoms with E-state index in [9.17, 15) is 14.7 Å². The molecule has 0 saturated heterocycles. The normalized spacial score (nSPS) is 11.9. The zero-order valence-electron chi connectivity index (χ0n) is 18.6. The van der Waals surface area contributed by atoms with E-state index in [2.05, 4.69) is 6.92 Å². The Bertz CT molecular complexity index is 1080. The number of carboxylic acids is 1. The zero-order chi connectivity index (χ0) is 22.9. The molecule has 1 atom stereocenters. The van der Waals surface area contributed by atoms with E-state index < -0.39 is 12.1 Å². The second-order valence-electron chi connectivity index (χ2n) is 7.87. The third-order valence-electron chi connectivity index (χ3n) is 5.52. The summed E-state index contributed by atoms with van der Waals surface area (Å²) in [6.45, 7) is 2.17. The van der Waals surface area contributed by atoms with Crippen LogP contribution in [0.25, 0.3) is 22.1 Å². The predicted octanol–water partition coefficient (Wildman–Crippen LogP) is 6.05. The van der Waals surface area contributed by atoms with Gasteiger partial charge in [-0.25, -0.2) is 4.79 Å². The van der Waals surface area contributed by atoms with E-state index >= 15 is 0 Å². The highest BCUT2D eigenvalue weighted by Crippen LogP contribution is 2.25. The van der Waals surface area contributed by atoms with Crippen molar-refractivity contribution < 1.29 is 23.8 Å². The summed E-state index contributed by atoms with van der Waals surface area (Å²) >= 11 is 0. The number of hydrogen-bond donors (Lipinski definition) is 1. The molecule has 170 valence electrons. The molecule has 0 bridgehead atoms. The smallest absolute Gasteiger partial charge is 0.344 e. The minimum atomic E-state index is -0.991. The van der Waals surface area contributed by atoms with Crippen LogP contribution in [-0.2, 0) is 4.79 Å². The lowest BCUT2D eigenvalue weighted by Crippen LogP contribution is -2.26. The average Bonchev–Trinajstić information content (AvgIpc) is 2.80. The van der Waals surface area contributed by atoms with Crippen molar-refractivity contribution in [1.82, 2.24) is 0 Å². The zero-order valence-corrected chi connectivity index (χ0v) is 18.6. The van der Waals surface area contributed by atoms with E-state index in [0.717, 1.165) is 24.8 Å². The Morgan fingerprint density at radius 2 is 1.69 bits per heavy atom. The third kappa shape index (κ3) is 5.90. The first-order valence-electron chi connectivity index (χ1n) is 11.1. The summed E-state index contributed by atoms with van der Waals surface area (Å²) in [7, 11) is 1.58. The molecule has 6 heteroatoms. The second kappa shape index (κ2) is 11.4. The van der Waals surface area contributed by atoms with Crippen molar-refractivity contribution in [1.29, 1.82) is 0 Å². The van der Waals surface area contributed by atoms with Crippen LogP contribution in [0.5, 0.6) is 11.5 Å². The fourth-order valence-corrected chi connectivity index (χ4v) is 3.66. The van der Waals surface area contributed by atoms with Gasteiger partial charge in [0.1, 0.15) is 23.3 Å². The maximum absolute atomic E-state index is 12.9. The lowest BCUT2D eigenvalue weighted by Gasteiger charge is -2.15. The minimum absolute atomic E-state index is 0.162. The summed E-state index contributed by atoms with van der Waals surface area (Å²) in [5, 5.41) is 9.94. The Balaban J connectivity index is 1.72. The van der Waals surface area contributed by atoms with E-state index in [1.807, 2.05) is 0 Å². The van der Waals surface area contributed by atoms with Gasteiger partial charge < -0.3 is 19.0 Å². The molecule has 0 unspecified atom stereocenters. The van der Waals surface area contributed by atoms with Crippen molar-refractivity contribution in [2.24, 2.45) is 0 Å². The molecule has 1 aromatic heterocycles. The summed E-state index contributed by atoms with van der Waals surface area (Å²) in [6.07, 6.45) is 7.41. The Labute approximate surface area is 187 Å². The monoisotopic (exact) mass is 438 g/mol. The van der Waals surface area contributed by atoms with Crippen molar-refractivity contribution in [2.45, 2.75) is 58.0 Å². The SMILES string of the molecule is CCCCCCCC[C@H](Oc1ccc2c(=O)c(-c3ccc(OC)cc3)coc2c1)C(=O)O. The highest BCUT2D eigenvalue weighted by molar-refractivity contribution is 5.83. The predicted molar refractivity (Wildman–Crippen MR) is 125 cm³/mol. The van der Waals surface area contributed by atoms with Gasteiger partial charge in [-0.05, 0) is 42.7 Å². The van der Waals surface area contributed by atoms with E-state index in [0.29, 0.717) is 34.5 Å². The van der Waals surface area contributed by atoms with Gasteiger partial charge in [-0.3, -0.25) is 4.79 Å². The molecule has 6 nitrogen and oxygen atoms in total. The summed E-state index contributed by atoms with van der Waals surface area (Å²) in [6, 6.07) is 12.0. The molecule has 32 heavy (non-hydrogen) atoms. The number of rotatable bonds is 12. The molecule has 0 radical (unpaired) electrons. The van der Waals surface area contributed by atoms with E-state index in [1.54, 1.807) is 49.6 Å². The first-order chi connectivity index (χ1) is 15.5. The number of aliphatic carboxylic acids is 1. The van der Waals surface area contributed by atoms with Crippen LogP contribution in [0.15, 0.2) is 57.9 Å². The maximum Gasteiger partial charge on any atom is 0.344 e. The Morgan fingerprint density at radius 3 is 2.38 bits per heavy atom. The molecule has 0 aliphatic heterocycles. The maximum atomic E-state index is 12.9. The topological polar surface area (TPSA) is 86.0 Å². The summed E-state index contributed by atoms with van der Waals surface area (Å²) in [5.41, 5.74) is 1.37. The summed E-state index contributed by atoms with van der Waals surface area (Å²) < 4.78 is 16.6. The van der Waals surface area contributed by atoms with Crippen molar-refractivity contribution in [3.05, 3.63) is 59.0 Å². The molecule has 0 fully saturated rings. The van der Waals surface area contributed by atoms with E-state index in [-0.39, 0.29) is 5.43 Å². The van der Waals surface area contributed by atoms with Gasteiger partial charge in [0.05, 0.1) is 18.1 Å². The van der Waals surface area contributed by atoms with Crippen LogP contribution < -0.4 is 14.9 Å². The van der Waals surface area contributed by atoms with Crippen LogP contribution in [0.4, 0.5) is 0 Å². The highest BCUT2D eigenvalue weighted by Gasteiger charge is 2.20. The first-order valence-corrected chi connectivity index (χ1v) is 11.1. The number of hydrogen-bond acceptors (Lipinski definition) is 5. The van der Waals surface area contributed by atoms with Crippen LogP contribution in [0.2, 0.25) is 0 Å². The molecule has 0 saturated carbocycles. The summed E-state index contributed by atoms with van der Waals surface area (Å²) in [4.78, 5) is 24.6. The van der Waals surface area contributed by atoms with Crippen LogP contribution in [-0.4, -0.2) is 24.3 Å². The summed E-state index contributed by atoms with van der Waals surface area (Å²) in [5.74, 6) is 0.0841. The molecule has 3 aromatic rings. The van der Waals surface area contributed by atoms with Gasteiger partial charge in [0.25, 0.3) is 0 Å².